The zero-order chi connectivity index (χ0) is 27.9. The highest BCUT2D eigenvalue weighted by Crippen LogP contribution is 2.65. The second-order valence-corrected chi connectivity index (χ2v) is 12.4. The van der Waals surface area contributed by atoms with Gasteiger partial charge in [0.2, 0.25) is 5.91 Å². The minimum absolute atomic E-state index is 0.0282. The first-order chi connectivity index (χ1) is 18.5. The molecular formula is C32H40N2O5. The Balaban J connectivity index is 1.42. The number of amides is 2. The Morgan fingerprint density at radius 3 is 2.69 bits per heavy atom. The van der Waals surface area contributed by atoms with Gasteiger partial charge in [-0.15, -0.1) is 0 Å². The number of fused-ring (bicyclic) bond motifs is 5. The Kier molecular flexibility index (Phi) is 7.29. The summed E-state index contributed by atoms with van der Waals surface area (Å²) >= 11 is 0. The zero-order valence-electron chi connectivity index (χ0n) is 23.4. The van der Waals surface area contributed by atoms with Crippen molar-refractivity contribution in [3.63, 3.8) is 0 Å². The lowest BCUT2D eigenvalue weighted by Gasteiger charge is -2.58. The Morgan fingerprint density at radius 2 is 1.95 bits per heavy atom. The highest BCUT2D eigenvalue weighted by molar-refractivity contribution is 5.92. The maximum atomic E-state index is 13.4. The van der Waals surface area contributed by atoms with E-state index in [1.54, 1.807) is 25.1 Å². The van der Waals surface area contributed by atoms with E-state index in [0.717, 1.165) is 30.4 Å². The van der Waals surface area contributed by atoms with Crippen molar-refractivity contribution in [3.8, 4) is 0 Å². The second kappa shape index (κ2) is 10.4. The standard InChI is InChI=1S/C32H40N2O5/c1-5-33-28(37)16-20-7-6-8-22(15-20)34-30(38)39-27-18-32(4)25(19(2)35)11-12-26(32)24-10-9-21-17-23(36)13-14-31(21,3)29(24)27/h6-10,15,17,24-27,29H,5,11-14,16,18H2,1-4H3,(H,33,37)(H,34,38)/t24-,25+,26-,27-,29-,31+,32+/m0/s1. The predicted molar refractivity (Wildman–Crippen MR) is 149 cm³/mol. The maximum absolute atomic E-state index is 13.4. The van der Waals surface area contributed by atoms with Crippen LogP contribution in [0.1, 0.15) is 65.4 Å². The van der Waals surface area contributed by atoms with E-state index in [4.69, 9.17) is 4.74 Å². The van der Waals surface area contributed by atoms with Gasteiger partial charge in [-0.1, -0.05) is 38.1 Å². The van der Waals surface area contributed by atoms with Gasteiger partial charge in [0.1, 0.15) is 11.9 Å². The molecule has 7 heteroatoms. The molecule has 1 aromatic rings. The fourth-order valence-electron chi connectivity index (χ4n) is 8.36. The average molecular weight is 533 g/mol. The van der Waals surface area contributed by atoms with Crippen molar-refractivity contribution in [2.24, 2.45) is 34.5 Å². The van der Waals surface area contributed by atoms with Crippen molar-refractivity contribution in [2.75, 3.05) is 11.9 Å². The van der Waals surface area contributed by atoms with Gasteiger partial charge < -0.3 is 10.1 Å². The molecule has 39 heavy (non-hydrogen) atoms. The summed E-state index contributed by atoms with van der Waals surface area (Å²) in [7, 11) is 0. The fourth-order valence-corrected chi connectivity index (χ4v) is 8.36. The molecule has 4 aliphatic rings. The van der Waals surface area contributed by atoms with Gasteiger partial charge in [0.15, 0.2) is 5.78 Å². The zero-order valence-corrected chi connectivity index (χ0v) is 23.4. The molecule has 4 aliphatic carbocycles. The van der Waals surface area contributed by atoms with Crippen LogP contribution in [0.15, 0.2) is 48.1 Å². The number of Topliss-reactive ketones (excluding diaryl/α,β-unsaturated/α-hetero) is 1. The summed E-state index contributed by atoms with van der Waals surface area (Å²) in [6.45, 7) is 8.55. The third-order valence-electron chi connectivity index (χ3n) is 10.1. The van der Waals surface area contributed by atoms with E-state index in [9.17, 15) is 19.2 Å². The van der Waals surface area contributed by atoms with Crippen LogP contribution in [0.4, 0.5) is 10.5 Å². The van der Waals surface area contributed by atoms with Gasteiger partial charge in [0, 0.05) is 30.5 Å². The molecule has 7 atom stereocenters. The summed E-state index contributed by atoms with van der Waals surface area (Å²) in [5, 5.41) is 5.67. The van der Waals surface area contributed by atoms with Gasteiger partial charge in [0.05, 0.1) is 6.42 Å². The molecule has 0 aromatic heterocycles. The Hall–Kier alpha value is -3.22. The molecule has 1 aromatic carbocycles. The predicted octanol–water partition coefficient (Wildman–Crippen LogP) is 5.41. The van der Waals surface area contributed by atoms with Gasteiger partial charge in [-0.25, -0.2) is 4.79 Å². The van der Waals surface area contributed by atoms with Gasteiger partial charge in [-0.05, 0) is 91.5 Å². The molecule has 0 saturated heterocycles. The van der Waals surface area contributed by atoms with Crippen LogP contribution in [0.25, 0.3) is 0 Å². The number of rotatable bonds is 6. The normalized spacial score (nSPS) is 34.7. The fraction of sp³-hybridized carbons (Fsp3) is 0.562. The van der Waals surface area contributed by atoms with Crippen LogP contribution in [0, 0.1) is 34.5 Å². The second-order valence-electron chi connectivity index (χ2n) is 12.4. The molecule has 5 rings (SSSR count). The monoisotopic (exact) mass is 532 g/mol. The largest absolute Gasteiger partial charge is 0.446 e. The summed E-state index contributed by atoms with van der Waals surface area (Å²) in [6.07, 6.45) is 9.09. The molecule has 2 N–H and O–H groups in total. The van der Waals surface area contributed by atoms with Gasteiger partial charge in [-0.3, -0.25) is 19.7 Å². The average Bonchev–Trinajstić information content (AvgIpc) is 3.21. The smallest absolute Gasteiger partial charge is 0.411 e. The summed E-state index contributed by atoms with van der Waals surface area (Å²) < 4.78 is 6.28. The summed E-state index contributed by atoms with van der Waals surface area (Å²) in [5.74, 6) is 0.763. The first-order valence-electron chi connectivity index (χ1n) is 14.3. The minimum Gasteiger partial charge on any atom is -0.446 e. The third-order valence-corrected chi connectivity index (χ3v) is 10.1. The van der Waals surface area contributed by atoms with E-state index >= 15 is 0 Å². The first-order valence-corrected chi connectivity index (χ1v) is 14.3. The van der Waals surface area contributed by atoms with Crippen molar-refractivity contribution in [2.45, 2.75) is 72.3 Å². The number of nitrogens with one attached hydrogen (secondary N) is 2. The molecule has 0 unspecified atom stereocenters. The Bertz CT molecular complexity index is 1250. The SMILES string of the molecule is CCNC(=O)Cc1cccc(NC(=O)O[C@H]2C[C@]3(C)[C@@H](C(C)=O)CC[C@H]3[C@@H]3C=CC4=CC(=O)CC[C@@]4(C)[C@@H]32)c1. The van der Waals surface area contributed by atoms with Crippen molar-refractivity contribution in [1.82, 2.24) is 5.32 Å². The number of allylic oxidation sites excluding steroid dienone is 4. The van der Waals surface area contributed by atoms with Gasteiger partial charge in [-0.2, -0.15) is 0 Å². The van der Waals surface area contributed by atoms with Crippen LogP contribution in [0.2, 0.25) is 0 Å². The minimum atomic E-state index is -0.538. The quantitative estimate of drug-likeness (QED) is 0.511. The summed E-state index contributed by atoms with van der Waals surface area (Å²) in [5.41, 5.74) is 1.86. The molecule has 0 spiro atoms. The molecule has 2 saturated carbocycles. The summed E-state index contributed by atoms with van der Waals surface area (Å²) in [6, 6.07) is 7.24. The van der Waals surface area contributed by atoms with Crippen LogP contribution in [0.5, 0.6) is 0 Å². The molecule has 2 fully saturated rings. The number of carbonyl (C=O) groups is 4. The topological polar surface area (TPSA) is 102 Å². The van der Waals surface area contributed by atoms with Crippen LogP contribution in [0.3, 0.4) is 0 Å². The van der Waals surface area contributed by atoms with E-state index in [0.29, 0.717) is 31.0 Å². The molecular weight excluding hydrogens is 492 g/mol. The molecule has 0 heterocycles. The van der Waals surface area contributed by atoms with Crippen LogP contribution >= 0.6 is 0 Å². The van der Waals surface area contributed by atoms with Crippen molar-refractivity contribution in [3.05, 3.63) is 53.6 Å². The lowest BCUT2D eigenvalue weighted by molar-refractivity contribution is -0.134. The maximum Gasteiger partial charge on any atom is 0.411 e. The van der Waals surface area contributed by atoms with Crippen molar-refractivity contribution in [1.29, 1.82) is 0 Å². The van der Waals surface area contributed by atoms with E-state index in [-0.39, 0.29) is 52.5 Å². The lowest BCUT2D eigenvalue weighted by atomic mass is 9.47. The van der Waals surface area contributed by atoms with Crippen LogP contribution < -0.4 is 10.6 Å². The highest BCUT2D eigenvalue weighted by Gasteiger charge is 2.63. The number of ketones is 2. The van der Waals surface area contributed by atoms with Crippen LogP contribution in [-0.4, -0.2) is 36.2 Å². The number of ether oxygens (including phenoxy) is 1. The summed E-state index contributed by atoms with van der Waals surface area (Å²) in [4.78, 5) is 50.4. The van der Waals surface area contributed by atoms with Gasteiger partial charge in [0.25, 0.3) is 0 Å². The van der Waals surface area contributed by atoms with Crippen LogP contribution in [-0.2, 0) is 25.5 Å². The van der Waals surface area contributed by atoms with E-state index in [1.165, 1.54) is 0 Å². The highest BCUT2D eigenvalue weighted by atomic mass is 16.6. The molecule has 0 radical (unpaired) electrons. The lowest BCUT2D eigenvalue weighted by Crippen LogP contribution is -2.57. The van der Waals surface area contributed by atoms with E-state index < -0.39 is 12.2 Å². The molecule has 208 valence electrons. The number of likely N-dealkylation sites (N-methyl/N-ethyl adjacent to an activating group) is 1. The molecule has 0 bridgehead atoms. The van der Waals surface area contributed by atoms with Crippen molar-refractivity contribution < 1.29 is 23.9 Å². The van der Waals surface area contributed by atoms with E-state index in [1.807, 2.05) is 19.1 Å². The first kappa shape index (κ1) is 27.4. The number of benzene rings is 1. The number of carbonyl (C=O) groups excluding carboxylic acids is 4. The van der Waals surface area contributed by atoms with Crippen molar-refractivity contribution >= 4 is 29.3 Å². The van der Waals surface area contributed by atoms with E-state index in [2.05, 4.69) is 36.6 Å². The number of anilines is 1. The molecule has 2 amide bonds. The van der Waals surface area contributed by atoms with Gasteiger partial charge >= 0.3 is 6.09 Å². The third kappa shape index (κ3) is 4.96. The molecule has 7 nitrogen and oxygen atoms in total. The number of hydrogen-bond acceptors (Lipinski definition) is 5. The Morgan fingerprint density at radius 1 is 1.15 bits per heavy atom. The Labute approximate surface area is 230 Å². The number of hydrogen-bond donors (Lipinski definition) is 2. The molecule has 0 aliphatic heterocycles.